The minimum atomic E-state index is -0.599. The van der Waals surface area contributed by atoms with E-state index in [1.54, 1.807) is 36.4 Å². The molecule has 0 radical (unpaired) electrons. The van der Waals surface area contributed by atoms with Gasteiger partial charge in [0.05, 0.1) is 17.7 Å². The number of nitrogens with one attached hydrogen (secondary N) is 1. The Balaban J connectivity index is 1.69. The van der Waals surface area contributed by atoms with E-state index >= 15 is 0 Å². The highest BCUT2D eigenvalue weighted by Gasteiger charge is 2.12. The third-order valence-corrected chi connectivity index (χ3v) is 5.20. The van der Waals surface area contributed by atoms with Gasteiger partial charge in [0.15, 0.2) is 0 Å². The van der Waals surface area contributed by atoms with Gasteiger partial charge in [0.1, 0.15) is 24.0 Å². The Bertz CT molecular complexity index is 1250. The van der Waals surface area contributed by atoms with Crippen molar-refractivity contribution in [2.75, 3.05) is 12.4 Å². The lowest BCUT2D eigenvalue weighted by Crippen LogP contribution is -2.13. The van der Waals surface area contributed by atoms with E-state index in [0.29, 0.717) is 32.6 Å². The van der Waals surface area contributed by atoms with Crippen LogP contribution in [0.25, 0.3) is 6.08 Å². The molecule has 0 saturated carbocycles. The summed E-state index contributed by atoms with van der Waals surface area (Å²) in [7, 11) is 1.28. The molecular weight excluding hydrogens is 463 g/mol. The molecule has 6 nitrogen and oxygen atoms in total. The monoisotopic (exact) mass is 480 g/mol. The summed E-state index contributed by atoms with van der Waals surface area (Å²) in [4.78, 5) is 24.0. The predicted octanol–water partition coefficient (Wildman–Crippen LogP) is 5.90. The molecule has 0 aliphatic carbocycles. The number of methoxy groups -OCH3 is 1. The number of nitrogens with zero attached hydrogens (tertiary/aromatic N) is 1. The van der Waals surface area contributed by atoms with Crippen LogP contribution in [0, 0.1) is 11.3 Å². The van der Waals surface area contributed by atoms with Crippen LogP contribution in [-0.4, -0.2) is 19.0 Å². The summed E-state index contributed by atoms with van der Waals surface area (Å²) in [5.41, 5.74) is 2.03. The number of hydrogen-bond acceptors (Lipinski definition) is 5. The molecule has 0 saturated heterocycles. The molecule has 0 unspecified atom stereocenters. The van der Waals surface area contributed by atoms with Crippen molar-refractivity contribution in [2.45, 2.75) is 6.61 Å². The summed E-state index contributed by atoms with van der Waals surface area (Å²) in [6.45, 7) is 0.245. The summed E-state index contributed by atoms with van der Waals surface area (Å²) in [6.07, 6.45) is 1.42. The number of benzene rings is 3. The molecule has 0 aromatic heterocycles. The number of hydrogen-bond donors (Lipinski definition) is 1. The molecule has 0 fully saturated rings. The molecule has 3 rings (SSSR count). The van der Waals surface area contributed by atoms with Gasteiger partial charge in [-0.1, -0.05) is 47.5 Å². The van der Waals surface area contributed by atoms with Crippen LogP contribution >= 0.6 is 23.2 Å². The summed E-state index contributed by atoms with van der Waals surface area (Å²) in [6, 6.07) is 20.3. The first-order valence-electron chi connectivity index (χ1n) is 9.68. The van der Waals surface area contributed by atoms with Crippen LogP contribution in [0.2, 0.25) is 10.0 Å². The van der Waals surface area contributed by atoms with E-state index in [0.717, 1.165) is 5.56 Å². The Morgan fingerprint density at radius 2 is 1.76 bits per heavy atom. The molecule has 1 N–H and O–H groups in total. The van der Waals surface area contributed by atoms with Crippen LogP contribution in [-0.2, 0) is 16.1 Å². The number of anilines is 1. The Morgan fingerprint density at radius 3 is 2.39 bits per heavy atom. The van der Waals surface area contributed by atoms with Gasteiger partial charge in [-0.2, -0.15) is 5.26 Å². The molecule has 0 aliphatic rings. The van der Waals surface area contributed by atoms with Crippen molar-refractivity contribution in [1.29, 1.82) is 5.26 Å². The Hall–Kier alpha value is -3.79. The highest BCUT2D eigenvalue weighted by Crippen LogP contribution is 2.28. The third kappa shape index (κ3) is 6.36. The lowest BCUT2D eigenvalue weighted by atomic mass is 10.1. The fourth-order valence-electron chi connectivity index (χ4n) is 2.82. The number of halogens is 2. The molecule has 1 amide bonds. The average Bonchev–Trinajstić information content (AvgIpc) is 2.82. The average molecular weight is 481 g/mol. The number of amides is 1. The first-order chi connectivity index (χ1) is 15.9. The number of nitriles is 1. The minimum Gasteiger partial charge on any atom is -0.487 e. The standard InChI is InChI=1S/C25H18Cl2N2O4/c1-32-25(31)17-7-9-20(10-8-17)29-24(30)19(14-28)12-16-6-11-23(22(27)13-16)33-15-18-4-2-3-5-21(18)26/h2-13H,15H2,1H3,(H,29,30)/b19-12+. The second kappa shape index (κ2) is 11.2. The highest BCUT2D eigenvalue weighted by atomic mass is 35.5. The molecule has 0 heterocycles. The molecule has 33 heavy (non-hydrogen) atoms. The Morgan fingerprint density at radius 1 is 1.03 bits per heavy atom. The Kier molecular flexibility index (Phi) is 8.09. The van der Waals surface area contributed by atoms with Gasteiger partial charge < -0.3 is 14.8 Å². The van der Waals surface area contributed by atoms with Gasteiger partial charge in [-0.15, -0.1) is 0 Å². The number of rotatable bonds is 7. The number of esters is 1. The van der Waals surface area contributed by atoms with Gasteiger partial charge >= 0.3 is 5.97 Å². The zero-order valence-corrected chi connectivity index (χ0v) is 19.0. The van der Waals surface area contributed by atoms with Crippen molar-refractivity contribution in [3.63, 3.8) is 0 Å². The fraction of sp³-hybridized carbons (Fsp3) is 0.0800. The molecule has 0 bridgehead atoms. The van der Waals surface area contributed by atoms with Crippen molar-refractivity contribution in [3.8, 4) is 11.8 Å². The van der Waals surface area contributed by atoms with E-state index in [4.69, 9.17) is 27.9 Å². The van der Waals surface area contributed by atoms with Crippen LogP contribution in [0.3, 0.4) is 0 Å². The van der Waals surface area contributed by atoms with E-state index in [1.165, 1.54) is 25.3 Å². The maximum atomic E-state index is 12.5. The zero-order chi connectivity index (χ0) is 23.8. The lowest BCUT2D eigenvalue weighted by molar-refractivity contribution is -0.112. The molecule has 8 heteroatoms. The molecule has 0 atom stereocenters. The maximum Gasteiger partial charge on any atom is 0.337 e. The minimum absolute atomic E-state index is 0.118. The fourth-order valence-corrected chi connectivity index (χ4v) is 3.25. The van der Waals surface area contributed by atoms with Crippen molar-refractivity contribution in [2.24, 2.45) is 0 Å². The van der Waals surface area contributed by atoms with Crippen molar-refractivity contribution in [3.05, 3.63) is 99.0 Å². The quantitative estimate of drug-likeness (QED) is 0.258. The highest BCUT2D eigenvalue weighted by molar-refractivity contribution is 6.32. The SMILES string of the molecule is COC(=O)c1ccc(NC(=O)/C(C#N)=C/c2ccc(OCc3ccccc3Cl)c(Cl)c2)cc1. The zero-order valence-electron chi connectivity index (χ0n) is 17.5. The normalized spacial score (nSPS) is 10.8. The van der Waals surface area contributed by atoms with Crippen LogP contribution in [0.5, 0.6) is 5.75 Å². The summed E-state index contributed by atoms with van der Waals surface area (Å²) < 4.78 is 10.4. The molecule has 166 valence electrons. The molecule has 3 aromatic carbocycles. The van der Waals surface area contributed by atoms with Crippen molar-refractivity contribution >= 4 is 46.8 Å². The predicted molar refractivity (Wildman–Crippen MR) is 127 cm³/mol. The van der Waals surface area contributed by atoms with Crippen LogP contribution < -0.4 is 10.1 Å². The van der Waals surface area contributed by atoms with Crippen LogP contribution in [0.15, 0.2) is 72.3 Å². The van der Waals surface area contributed by atoms with E-state index in [-0.39, 0.29) is 12.2 Å². The smallest absolute Gasteiger partial charge is 0.337 e. The van der Waals surface area contributed by atoms with Gasteiger partial charge in [-0.25, -0.2) is 4.79 Å². The van der Waals surface area contributed by atoms with Crippen LogP contribution in [0.4, 0.5) is 5.69 Å². The summed E-state index contributed by atoms with van der Waals surface area (Å²) in [5.74, 6) is -0.637. The van der Waals surface area contributed by atoms with Crippen LogP contribution in [0.1, 0.15) is 21.5 Å². The van der Waals surface area contributed by atoms with E-state index in [1.807, 2.05) is 24.3 Å². The van der Waals surface area contributed by atoms with Gasteiger partial charge in [-0.3, -0.25) is 4.79 Å². The summed E-state index contributed by atoms with van der Waals surface area (Å²) in [5, 5.41) is 13.0. The topological polar surface area (TPSA) is 88.4 Å². The molecule has 3 aromatic rings. The molecule has 0 spiro atoms. The first kappa shape index (κ1) is 23.9. The largest absolute Gasteiger partial charge is 0.487 e. The lowest BCUT2D eigenvalue weighted by Gasteiger charge is -2.10. The van der Waals surface area contributed by atoms with Crippen molar-refractivity contribution < 1.29 is 19.1 Å². The molecule has 0 aliphatic heterocycles. The van der Waals surface area contributed by atoms with E-state index in [9.17, 15) is 14.9 Å². The number of carbonyl (C=O) groups excluding carboxylic acids is 2. The third-order valence-electron chi connectivity index (χ3n) is 4.54. The number of ether oxygens (including phenoxy) is 2. The molecular formula is C25H18Cl2N2O4. The van der Waals surface area contributed by atoms with Crippen molar-refractivity contribution in [1.82, 2.24) is 0 Å². The summed E-state index contributed by atoms with van der Waals surface area (Å²) >= 11 is 12.5. The van der Waals surface area contributed by atoms with Gasteiger partial charge in [-0.05, 0) is 54.1 Å². The van der Waals surface area contributed by atoms with Gasteiger partial charge in [0.2, 0.25) is 0 Å². The Labute approximate surface area is 201 Å². The maximum absolute atomic E-state index is 12.5. The van der Waals surface area contributed by atoms with Gasteiger partial charge in [0.25, 0.3) is 5.91 Å². The number of carbonyl (C=O) groups is 2. The van der Waals surface area contributed by atoms with Gasteiger partial charge in [0, 0.05) is 16.3 Å². The second-order valence-corrected chi connectivity index (χ2v) is 7.58. The first-order valence-corrected chi connectivity index (χ1v) is 10.4. The second-order valence-electron chi connectivity index (χ2n) is 6.76. The van der Waals surface area contributed by atoms with E-state index < -0.39 is 11.9 Å². The van der Waals surface area contributed by atoms with E-state index in [2.05, 4.69) is 10.1 Å².